The van der Waals surface area contributed by atoms with E-state index in [1.807, 2.05) is 24.3 Å². The summed E-state index contributed by atoms with van der Waals surface area (Å²) in [6.07, 6.45) is 3.65. The summed E-state index contributed by atoms with van der Waals surface area (Å²) in [4.78, 5) is 23.6. The van der Waals surface area contributed by atoms with E-state index >= 15 is 0 Å². The Morgan fingerprint density at radius 1 is 1.40 bits per heavy atom. The molecule has 0 bridgehead atoms. The van der Waals surface area contributed by atoms with Crippen LogP contribution in [0.5, 0.6) is 0 Å². The van der Waals surface area contributed by atoms with Crippen molar-refractivity contribution in [1.82, 2.24) is 10.6 Å². The van der Waals surface area contributed by atoms with Crippen LogP contribution in [0.1, 0.15) is 31.2 Å². The Hall–Kier alpha value is -2.04. The molecule has 1 atom stereocenters. The highest BCUT2D eigenvalue weighted by Gasteiger charge is 2.21. The number of hydrogen-bond acceptors (Lipinski definition) is 3. The highest BCUT2D eigenvalue weighted by Crippen LogP contribution is 2.09. The predicted molar refractivity (Wildman–Crippen MR) is 78.0 cm³/mol. The summed E-state index contributed by atoms with van der Waals surface area (Å²) in [5.41, 5.74) is 7.43. The molecule has 1 aliphatic heterocycles. The molecular formula is C15H21N3O2. The molecule has 108 valence electrons. The number of carbonyl (C=O) groups is 2. The van der Waals surface area contributed by atoms with E-state index in [-0.39, 0.29) is 17.9 Å². The molecule has 1 aromatic carbocycles. The van der Waals surface area contributed by atoms with Gasteiger partial charge in [-0.25, -0.2) is 0 Å². The van der Waals surface area contributed by atoms with Crippen LogP contribution in [0, 0.1) is 0 Å². The lowest BCUT2D eigenvalue weighted by atomic mass is 10.1. The van der Waals surface area contributed by atoms with Gasteiger partial charge in [-0.05, 0) is 43.4 Å². The van der Waals surface area contributed by atoms with E-state index in [0.717, 1.165) is 24.8 Å². The van der Waals surface area contributed by atoms with Crippen LogP contribution in [0.15, 0.2) is 24.3 Å². The summed E-state index contributed by atoms with van der Waals surface area (Å²) < 4.78 is 0. The number of hydrogen-bond donors (Lipinski definition) is 3. The number of nitrogens with two attached hydrogens (primary N) is 1. The molecule has 1 aliphatic rings. The van der Waals surface area contributed by atoms with E-state index in [4.69, 9.17) is 5.73 Å². The fourth-order valence-electron chi connectivity index (χ4n) is 2.35. The van der Waals surface area contributed by atoms with Crippen molar-refractivity contribution >= 4 is 17.5 Å². The van der Waals surface area contributed by atoms with Crippen molar-refractivity contribution in [2.75, 3.05) is 12.3 Å². The standard InChI is InChI=1S/C15H21N3O2/c16-12-5-3-4-11(10-12)7-8-14(19)18-13-6-1-2-9-17-15(13)20/h3-5,10,13H,1-2,6-9,16H2,(H,17,20)(H,18,19). The zero-order valence-corrected chi connectivity index (χ0v) is 11.5. The van der Waals surface area contributed by atoms with Crippen LogP contribution in [0.3, 0.4) is 0 Å². The third kappa shape index (κ3) is 4.26. The van der Waals surface area contributed by atoms with Gasteiger partial charge in [0.2, 0.25) is 11.8 Å². The van der Waals surface area contributed by atoms with Crippen LogP contribution >= 0.6 is 0 Å². The molecule has 1 heterocycles. The van der Waals surface area contributed by atoms with E-state index in [9.17, 15) is 9.59 Å². The van der Waals surface area contributed by atoms with Gasteiger partial charge >= 0.3 is 0 Å². The number of anilines is 1. The maximum atomic E-state index is 11.9. The summed E-state index contributed by atoms with van der Waals surface area (Å²) in [5, 5.41) is 5.62. The Morgan fingerprint density at radius 2 is 2.25 bits per heavy atom. The van der Waals surface area contributed by atoms with E-state index in [1.54, 1.807) is 0 Å². The highest BCUT2D eigenvalue weighted by molar-refractivity contribution is 5.87. The second-order valence-electron chi connectivity index (χ2n) is 5.15. The average molecular weight is 275 g/mol. The van der Waals surface area contributed by atoms with Gasteiger partial charge < -0.3 is 16.4 Å². The van der Waals surface area contributed by atoms with E-state index in [0.29, 0.717) is 25.1 Å². The summed E-state index contributed by atoms with van der Waals surface area (Å²) >= 11 is 0. The Morgan fingerprint density at radius 3 is 3.05 bits per heavy atom. The lowest BCUT2D eigenvalue weighted by molar-refractivity contribution is -0.128. The molecule has 0 saturated carbocycles. The largest absolute Gasteiger partial charge is 0.399 e. The van der Waals surface area contributed by atoms with Crippen molar-refractivity contribution in [2.45, 2.75) is 38.1 Å². The smallest absolute Gasteiger partial charge is 0.242 e. The molecule has 1 saturated heterocycles. The lowest BCUT2D eigenvalue weighted by Crippen LogP contribution is -2.45. The van der Waals surface area contributed by atoms with Gasteiger partial charge in [0.25, 0.3) is 0 Å². The number of benzene rings is 1. The number of nitrogens with one attached hydrogen (secondary N) is 2. The molecule has 4 N–H and O–H groups in total. The zero-order chi connectivity index (χ0) is 14.4. The highest BCUT2D eigenvalue weighted by atomic mass is 16.2. The topological polar surface area (TPSA) is 84.2 Å². The Bertz CT molecular complexity index is 488. The summed E-state index contributed by atoms with van der Waals surface area (Å²) in [6, 6.07) is 7.12. The molecule has 5 nitrogen and oxygen atoms in total. The minimum absolute atomic E-state index is 0.0696. The molecule has 2 rings (SSSR count). The summed E-state index contributed by atoms with van der Waals surface area (Å²) in [6.45, 7) is 0.703. The van der Waals surface area contributed by atoms with Crippen LogP contribution in [-0.2, 0) is 16.0 Å². The first-order valence-corrected chi connectivity index (χ1v) is 7.06. The van der Waals surface area contributed by atoms with Crippen molar-refractivity contribution < 1.29 is 9.59 Å². The molecule has 0 spiro atoms. The molecule has 0 radical (unpaired) electrons. The fourth-order valence-corrected chi connectivity index (χ4v) is 2.35. The second kappa shape index (κ2) is 6.93. The Balaban J connectivity index is 1.81. The molecule has 2 amide bonds. The maximum Gasteiger partial charge on any atom is 0.242 e. The first-order valence-electron chi connectivity index (χ1n) is 7.06. The van der Waals surface area contributed by atoms with Crippen LogP contribution in [-0.4, -0.2) is 24.4 Å². The first kappa shape index (κ1) is 14.4. The van der Waals surface area contributed by atoms with Gasteiger partial charge in [-0.15, -0.1) is 0 Å². The monoisotopic (exact) mass is 275 g/mol. The number of amides is 2. The molecule has 20 heavy (non-hydrogen) atoms. The summed E-state index contributed by atoms with van der Waals surface area (Å²) in [7, 11) is 0. The SMILES string of the molecule is Nc1cccc(CCC(=O)NC2CCCCNC2=O)c1. The van der Waals surface area contributed by atoms with Crippen molar-refractivity contribution in [3.05, 3.63) is 29.8 Å². The van der Waals surface area contributed by atoms with Gasteiger partial charge in [-0.1, -0.05) is 12.1 Å². The van der Waals surface area contributed by atoms with Crippen molar-refractivity contribution in [1.29, 1.82) is 0 Å². The molecule has 5 heteroatoms. The first-order chi connectivity index (χ1) is 9.65. The van der Waals surface area contributed by atoms with E-state index < -0.39 is 0 Å². The summed E-state index contributed by atoms with van der Waals surface area (Å²) in [5.74, 6) is -0.158. The minimum atomic E-state index is -0.383. The fraction of sp³-hybridized carbons (Fsp3) is 0.467. The molecule has 1 aromatic rings. The van der Waals surface area contributed by atoms with Gasteiger partial charge in [0.1, 0.15) is 6.04 Å². The van der Waals surface area contributed by atoms with Gasteiger partial charge in [0.05, 0.1) is 0 Å². The Labute approximate surface area is 118 Å². The molecular weight excluding hydrogens is 254 g/mol. The van der Waals surface area contributed by atoms with Crippen LogP contribution in [0.25, 0.3) is 0 Å². The molecule has 1 unspecified atom stereocenters. The third-order valence-electron chi connectivity index (χ3n) is 3.46. The molecule has 0 aliphatic carbocycles. The number of aryl methyl sites for hydroxylation is 1. The predicted octanol–water partition coefficient (Wildman–Crippen LogP) is 0.986. The molecule has 0 aromatic heterocycles. The number of rotatable bonds is 4. The lowest BCUT2D eigenvalue weighted by Gasteiger charge is -2.15. The van der Waals surface area contributed by atoms with Crippen LogP contribution < -0.4 is 16.4 Å². The van der Waals surface area contributed by atoms with Crippen LogP contribution in [0.2, 0.25) is 0 Å². The zero-order valence-electron chi connectivity index (χ0n) is 11.5. The van der Waals surface area contributed by atoms with Gasteiger partial charge in [-0.2, -0.15) is 0 Å². The van der Waals surface area contributed by atoms with Gasteiger partial charge in [-0.3, -0.25) is 9.59 Å². The van der Waals surface area contributed by atoms with Crippen molar-refractivity contribution in [2.24, 2.45) is 0 Å². The number of carbonyl (C=O) groups excluding carboxylic acids is 2. The number of nitrogen functional groups attached to an aromatic ring is 1. The van der Waals surface area contributed by atoms with E-state index in [2.05, 4.69) is 10.6 Å². The van der Waals surface area contributed by atoms with E-state index in [1.165, 1.54) is 0 Å². The third-order valence-corrected chi connectivity index (χ3v) is 3.46. The minimum Gasteiger partial charge on any atom is -0.399 e. The average Bonchev–Trinajstić information content (AvgIpc) is 2.62. The maximum absolute atomic E-state index is 11.9. The quantitative estimate of drug-likeness (QED) is 0.716. The van der Waals surface area contributed by atoms with Gasteiger partial charge in [0.15, 0.2) is 0 Å². The normalized spacial score (nSPS) is 19.0. The van der Waals surface area contributed by atoms with Crippen molar-refractivity contribution in [3.8, 4) is 0 Å². The van der Waals surface area contributed by atoms with Crippen LogP contribution in [0.4, 0.5) is 5.69 Å². The Kier molecular flexibility index (Phi) is 4.98. The second-order valence-corrected chi connectivity index (χ2v) is 5.15. The van der Waals surface area contributed by atoms with Gasteiger partial charge in [0, 0.05) is 18.7 Å². The van der Waals surface area contributed by atoms with Crippen molar-refractivity contribution in [3.63, 3.8) is 0 Å². The molecule has 1 fully saturated rings.